The third kappa shape index (κ3) is 4.02. The molecule has 0 amide bonds. The normalized spacial score (nSPS) is 12.4. The molecule has 0 fully saturated rings. The number of aliphatic hydroxyl groups is 1. The zero-order valence-corrected chi connectivity index (χ0v) is 11.6. The molecule has 2 aromatic carbocycles. The lowest BCUT2D eigenvalue weighted by Gasteiger charge is -2.14. The van der Waals surface area contributed by atoms with Crippen LogP contribution in [-0.4, -0.2) is 11.7 Å². The van der Waals surface area contributed by atoms with Crippen LogP contribution in [-0.2, 0) is 12.8 Å². The minimum absolute atomic E-state index is 0.0123. The Kier molecular flexibility index (Phi) is 5.10. The van der Waals surface area contributed by atoms with Crippen LogP contribution in [0.3, 0.4) is 0 Å². The quantitative estimate of drug-likeness (QED) is 0.884. The van der Waals surface area contributed by atoms with Gasteiger partial charge in [0.15, 0.2) is 0 Å². The Morgan fingerprint density at radius 1 is 0.950 bits per heavy atom. The third-order valence-electron chi connectivity index (χ3n) is 3.20. The van der Waals surface area contributed by atoms with Crippen LogP contribution in [0, 0.1) is 17.6 Å². The van der Waals surface area contributed by atoms with Gasteiger partial charge >= 0.3 is 0 Å². The van der Waals surface area contributed by atoms with Crippen molar-refractivity contribution in [1.82, 2.24) is 0 Å². The van der Waals surface area contributed by atoms with Crippen molar-refractivity contribution in [2.24, 2.45) is 5.92 Å². The van der Waals surface area contributed by atoms with E-state index in [0.29, 0.717) is 12.8 Å². The molecule has 1 nitrogen and oxygen atoms in total. The van der Waals surface area contributed by atoms with Gasteiger partial charge in [0.25, 0.3) is 0 Å². The molecular formula is C16H15ClF2O. The van der Waals surface area contributed by atoms with Crippen molar-refractivity contribution < 1.29 is 13.9 Å². The molecule has 0 saturated carbocycles. The molecule has 0 bridgehead atoms. The highest BCUT2D eigenvalue weighted by molar-refractivity contribution is 6.30. The molecule has 1 N–H and O–H groups in total. The number of halogens is 3. The van der Waals surface area contributed by atoms with Gasteiger partial charge in [-0.15, -0.1) is 0 Å². The van der Waals surface area contributed by atoms with E-state index in [-0.39, 0.29) is 23.4 Å². The van der Waals surface area contributed by atoms with Crippen LogP contribution in [0.4, 0.5) is 8.78 Å². The maximum absolute atomic E-state index is 13.4. The Morgan fingerprint density at radius 3 is 2.15 bits per heavy atom. The summed E-state index contributed by atoms with van der Waals surface area (Å²) in [6, 6.07) is 10.8. The summed E-state index contributed by atoms with van der Waals surface area (Å²) in [5.74, 6) is -0.780. The lowest BCUT2D eigenvalue weighted by atomic mass is 9.93. The van der Waals surface area contributed by atoms with E-state index in [9.17, 15) is 13.9 Å². The van der Waals surface area contributed by atoms with Gasteiger partial charge in [0, 0.05) is 6.61 Å². The van der Waals surface area contributed by atoms with Gasteiger partial charge in [-0.3, -0.25) is 0 Å². The van der Waals surface area contributed by atoms with Crippen LogP contribution in [0.2, 0.25) is 5.02 Å². The SMILES string of the molecule is OCC(Cc1ccc(F)cc1)Cc1ccc(Cl)c(F)c1. The molecule has 0 spiro atoms. The van der Waals surface area contributed by atoms with E-state index in [0.717, 1.165) is 11.1 Å². The Labute approximate surface area is 121 Å². The highest BCUT2D eigenvalue weighted by Crippen LogP contribution is 2.19. The number of rotatable bonds is 5. The topological polar surface area (TPSA) is 20.2 Å². The van der Waals surface area contributed by atoms with Crippen molar-refractivity contribution in [3.05, 3.63) is 70.2 Å². The average Bonchev–Trinajstić information content (AvgIpc) is 2.44. The number of benzene rings is 2. The van der Waals surface area contributed by atoms with Crippen LogP contribution < -0.4 is 0 Å². The second-order valence-electron chi connectivity index (χ2n) is 4.83. The standard InChI is InChI=1S/C16H15ClF2O/c17-15-6-3-12(9-16(15)19)8-13(10-20)7-11-1-4-14(18)5-2-11/h1-6,9,13,20H,7-8,10H2. The predicted octanol–water partition coefficient (Wildman–Crippen LogP) is 4.01. The average molecular weight is 297 g/mol. The van der Waals surface area contributed by atoms with Gasteiger partial charge in [-0.25, -0.2) is 8.78 Å². The lowest BCUT2D eigenvalue weighted by molar-refractivity contribution is 0.225. The Morgan fingerprint density at radius 2 is 1.55 bits per heavy atom. The molecular weight excluding hydrogens is 282 g/mol. The first-order chi connectivity index (χ1) is 9.58. The Bertz CT molecular complexity index is 569. The van der Waals surface area contributed by atoms with E-state index in [1.54, 1.807) is 18.2 Å². The third-order valence-corrected chi connectivity index (χ3v) is 3.51. The molecule has 0 aromatic heterocycles. The lowest BCUT2D eigenvalue weighted by Crippen LogP contribution is -2.13. The van der Waals surface area contributed by atoms with E-state index >= 15 is 0 Å². The largest absolute Gasteiger partial charge is 0.396 e. The summed E-state index contributed by atoms with van der Waals surface area (Å²) in [6.07, 6.45) is 1.16. The molecule has 0 aliphatic carbocycles. The number of aliphatic hydroxyl groups excluding tert-OH is 1. The van der Waals surface area contributed by atoms with E-state index in [2.05, 4.69) is 0 Å². The molecule has 106 valence electrons. The Hall–Kier alpha value is -1.45. The van der Waals surface area contributed by atoms with Crippen LogP contribution >= 0.6 is 11.6 Å². The summed E-state index contributed by atoms with van der Waals surface area (Å²) >= 11 is 5.64. The van der Waals surface area contributed by atoms with Gasteiger partial charge in [-0.05, 0) is 54.2 Å². The van der Waals surface area contributed by atoms with E-state index in [1.807, 2.05) is 0 Å². The Balaban J connectivity index is 2.04. The first-order valence-corrected chi connectivity index (χ1v) is 6.75. The van der Waals surface area contributed by atoms with Gasteiger partial charge < -0.3 is 5.11 Å². The van der Waals surface area contributed by atoms with Gasteiger partial charge in [-0.1, -0.05) is 29.8 Å². The summed E-state index contributed by atoms with van der Waals surface area (Å²) < 4.78 is 26.2. The summed E-state index contributed by atoms with van der Waals surface area (Å²) in [4.78, 5) is 0. The molecule has 20 heavy (non-hydrogen) atoms. The van der Waals surface area contributed by atoms with E-state index in [4.69, 9.17) is 11.6 Å². The van der Waals surface area contributed by atoms with Crippen LogP contribution in [0.5, 0.6) is 0 Å². The minimum Gasteiger partial charge on any atom is -0.396 e. The molecule has 2 rings (SSSR count). The van der Waals surface area contributed by atoms with Crippen molar-refractivity contribution in [2.45, 2.75) is 12.8 Å². The van der Waals surface area contributed by atoms with Gasteiger partial charge in [-0.2, -0.15) is 0 Å². The molecule has 1 unspecified atom stereocenters. The van der Waals surface area contributed by atoms with Crippen LogP contribution in [0.1, 0.15) is 11.1 Å². The molecule has 0 aliphatic heterocycles. The predicted molar refractivity (Wildman–Crippen MR) is 75.8 cm³/mol. The number of hydrogen-bond donors (Lipinski definition) is 1. The summed E-state index contributed by atoms with van der Waals surface area (Å²) in [7, 11) is 0. The zero-order chi connectivity index (χ0) is 14.5. The highest BCUT2D eigenvalue weighted by atomic mass is 35.5. The molecule has 0 radical (unpaired) electrons. The summed E-state index contributed by atoms with van der Waals surface area (Å²) in [5.41, 5.74) is 1.73. The summed E-state index contributed by atoms with van der Waals surface area (Å²) in [6.45, 7) is -0.0123. The minimum atomic E-state index is -0.456. The van der Waals surface area contributed by atoms with Gasteiger partial charge in [0.1, 0.15) is 11.6 Å². The van der Waals surface area contributed by atoms with E-state index < -0.39 is 5.82 Å². The second-order valence-corrected chi connectivity index (χ2v) is 5.24. The highest BCUT2D eigenvalue weighted by Gasteiger charge is 2.11. The van der Waals surface area contributed by atoms with Crippen molar-refractivity contribution in [2.75, 3.05) is 6.61 Å². The fraction of sp³-hybridized carbons (Fsp3) is 0.250. The van der Waals surface area contributed by atoms with Gasteiger partial charge in [0.05, 0.1) is 5.02 Å². The van der Waals surface area contributed by atoms with Crippen LogP contribution in [0.25, 0.3) is 0 Å². The maximum atomic E-state index is 13.4. The second kappa shape index (κ2) is 6.82. The molecule has 2 aromatic rings. The maximum Gasteiger partial charge on any atom is 0.142 e. The number of hydrogen-bond acceptors (Lipinski definition) is 1. The molecule has 4 heteroatoms. The molecule has 0 saturated heterocycles. The van der Waals surface area contributed by atoms with E-state index in [1.165, 1.54) is 24.3 Å². The van der Waals surface area contributed by atoms with Crippen LogP contribution in [0.15, 0.2) is 42.5 Å². The monoisotopic (exact) mass is 296 g/mol. The molecule has 0 aliphatic rings. The molecule has 0 heterocycles. The fourth-order valence-electron chi connectivity index (χ4n) is 2.16. The first kappa shape index (κ1) is 14.9. The fourth-order valence-corrected chi connectivity index (χ4v) is 2.27. The first-order valence-electron chi connectivity index (χ1n) is 6.37. The molecule has 1 atom stereocenters. The zero-order valence-electron chi connectivity index (χ0n) is 10.8. The van der Waals surface area contributed by atoms with Crippen molar-refractivity contribution in [1.29, 1.82) is 0 Å². The van der Waals surface area contributed by atoms with Crippen molar-refractivity contribution in [3.8, 4) is 0 Å². The van der Waals surface area contributed by atoms with Crippen molar-refractivity contribution in [3.63, 3.8) is 0 Å². The van der Waals surface area contributed by atoms with Gasteiger partial charge in [0.2, 0.25) is 0 Å². The summed E-state index contributed by atoms with van der Waals surface area (Å²) in [5, 5.41) is 9.52. The van der Waals surface area contributed by atoms with Crippen molar-refractivity contribution >= 4 is 11.6 Å². The smallest absolute Gasteiger partial charge is 0.142 e.